The van der Waals surface area contributed by atoms with Crippen LogP contribution >= 0.6 is 0 Å². The lowest BCUT2D eigenvalue weighted by Gasteiger charge is -2.26. The molecule has 7 aromatic carbocycles. The van der Waals surface area contributed by atoms with Gasteiger partial charge in [0.05, 0.1) is 33.8 Å². The first kappa shape index (κ1) is 35.6. The van der Waals surface area contributed by atoms with Crippen LogP contribution in [0.2, 0.25) is 0 Å². The standard InChI is InChI=1S/C58H37N5/c1-58(2)47-33-39(50-13-5-8-28-61-50)19-24-43(47)53-42-23-17-37(49-12-4-7-27-60-49)32-46(42)52-41-22-18-38(51-25-20-35-15-14-34-10-9-29-62-56(34)57(35)63-51)30-44(41)40-21-16-36(48-11-3-6-26-59-48)31-45(40)54(52)55(53)58/h3-33H,1-2H3. The molecule has 13 rings (SSSR count). The van der Waals surface area contributed by atoms with Crippen molar-refractivity contribution in [3.63, 3.8) is 0 Å². The lowest BCUT2D eigenvalue weighted by atomic mass is 9.76. The number of nitrogens with zero attached hydrogens (tertiary/aromatic N) is 5. The highest BCUT2D eigenvalue weighted by molar-refractivity contribution is 6.35. The molecule has 0 fully saturated rings. The van der Waals surface area contributed by atoms with Gasteiger partial charge in [0, 0.05) is 63.2 Å². The van der Waals surface area contributed by atoms with Crippen molar-refractivity contribution in [3.8, 4) is 56.2 Å². The molecule has 0 saturated carbocycles. The summed E-state index contributed by atoms with van der Waals surface area (Å²) >= 11 is 0. The second-order valence-corrected chi connectivity index (χ2v) is 17.2. The maximum atomic E-state index is 5.31. The van der Waals surface area contributed by atoms with E-state index in [9.17, 15) is 0 Å². The molecule has 0 aliphatic heterocycles. The zero-order chi connectivity index (χ0) is 41.8. The topological polar surface area (TPSA) is 64.5 Å². The summed E-state index contributed by atoms with van der Waals surface area (Å²) in [4.78, 5) is 24.5. The highest BCUT2D eigenvalue weighted by Crippen LogP contribution is 2.58. The average molecular weight is 804 g/mol. The molecule has 0 unspecified atom stereocenters. The van der Waals surface area contributed by atoms with Crippen molar-refractivity contribution in [1.82, 2.24) is 24.9 Å². The molecule has 0 N–H and O–H groups in total. The van der Waals surface area contributed by atoms with E-state index in [-0.39, 0.29) is 5.41 Å². The van der Waals surface area contributed by atoms with E-state index < -0.39 is 0 Å². The first-order chi connectivity index (χ1) is 31.0. The summed E-state index contributed by atoms with van der Waals surface area (Å²) in [5.74, 6) is 0. The maximum Gasteiger partial charge on any atom is 0.0972 e. The van der Waals surface area contributed by atoms with E-state index in [0.717, 1.165) is 66.8 Å². The highest BCUT2D eigenvalue weighted by Gasteiger charge is 2.40. The van der Waals surface area contributed by atoms with Crippen molar-refractivity contribution in [3.05, 3.63) is 200 Å². The average Bonchev–Trinajstić information content (AvgIpc) is 3.59. The van der Waals surface area contributed by atoms with Crippen LogP contribution in [-0.2, 0) is 5.41 Å². The predicted octanol–water partition coefficient (Wildman–Crippen LogP) is 14.6. The molecule has 294 valence electrons. The van der Waals surface area contributed by atoms with Gasteiger partial charge < -0.3 is 0 Å². The Kier molecular flexibility index (Phi) is 7.58. The van der Waals surface area contributed by atoms with Gasteiger partial charge in [-0.2, -0.15) is 0 Å². The van der Waals surface area contributed by atoms with Crippen LogP contribution in [0.15, 0.2) is 189 Å². The van der Waals surface area contributed by atoms with Gasteiger partial charge in [0.2, 0.25) is 0 Å². The van der Waals surface area contributed by atoms with Crippen LogP contribution in [0.1, 0.15) is 25.0 Å². The molecule has 0 amide bonds. The van der Waals surface area contributed by atoms with Crippen LogP contribution in [0.5, 0.6) is 0 Å². The Morgan fingerprint density at radius 3 is 1.57 bits per heavy atom. The van der Waals surface area contributed by atoms with E-state index in [1.54, 1.807) is 0 Å². The lowest BCUT2D eigenvalue weighted by molar-refractivity contribution is 0.667. The fourth-order valence-electron chi connectivity index (χ4n) is 10.4. The van der Waals surface area contributed by atoms with Gasteiger partial charge in [0.1, 0.15) is 0 Å². The third kappa shape index (κ3) is 5.33. The molecule has 0 radical (unpaired) electrons. The van der Waals surface area contributed by atoms with E-state index in [4.69, 9.17) is 24.9 Å². The normalized spacial score (nSPS) is 13.0. The molecule has 0 saturated heterocycles. The Bertz CT molecular complexity index is 3860. The zero-order valence-corrected chi connectivity index (χ0v) is 34.6. The molecule has 1 aliphatic rings. The first-order valence-electron chi connectivity index (χ1n) is 21.5. The molecule has 0 spiro atoms. The molecule has 0 bridgehead atoms. The van der Waals surface area contributed by atoms with Crippen LogP contribution in [-0.4, -0.2) is 24.9 Å². The van der Waals surface area contributed by atoms with E-state index >= 15 is 0 Å². The SMILES string of the molecule is CC1(C)c2cc(-c3ccccn3)ccc2-c2c1c1c3cc(-c4ccccn4)ccc3c3cc(-c4ccc5ccc6cccnc6c5n4)ccc3c1c1cc(-c3ccccn3)ccc21. The Hall–Kier alpha value is -8.15. The Balaban J connectivity index is 1.18. The fraction of sp³-hybridized carbons (Fsp3) is 0.0517. The third-order valence-corrected chi connectivity index (χ3v) is 13.4. The van der Waals surface area contributed by atoms with Crippen LogP contribution in [0.25, 0.3) is 121 Å². The number of hydrogen-bond donors (Lipinski definition) is 0. The van der Waals surface area contributed by atoms with E-state index in [0.29, 0.717) is 0 Å². The van der Waals surface area contributed by atoms with Gasteiger partial charge in [-0.05, 0) is 138 Å². The molecule has 12 aromatic rings. The number of aromatic nitrogens is 5. The summed E-state index contributed by atoms with van der Waals surface area (Å²) in [7, 11) is 0. The second-order valence-electron chi connectivity index (χ2n) is 17.2. The van der Waals surface area contributed by atoms with Gasteiger partial charge in [0.15, 0.2) is 0 Å². The summed E-state index contributed by atoms with van der Waals surface area (Å²) in [6.07, 6.45) is 7.48. The molecular weight excluding hydrogens is 767 g/mol. The van der Waals surface area contributed by atoms with Gasteiger partial charge in [-0.15, -0.1) is 0 Å². The van der Waals surface area contributed by atoms with Gasteiger partial charge in [-0.25, -0.2) is 4.98 Å². The van der Waals surface area contributed by atoms with E-state index in [1.165, 1.54) is 65.3 Å². The smallest absolute Gasteiger partial charge is 0.0972 e. The van der Waals surface area contributed by atoms with Crippen molar-refractivity contribution in [2.24, 2.45) is 0 Å². The summed E-state index contributed by atoms with van der Waals surface area (Å²) < 4.78 is 0. The van der Waals surface area contributed by atoms with Crippen molar-refractivity contribution in [1.29, 1.82) is 0 Å². The number of fused-ring (bicyclic) bond motifs is 16. The van der Waals surface area contributed by atoms with Crippen molar-refractivity contribution in [2.75, 3.05) is 0 Å². The largest absolute Gasteiger partial charge is 0.256 e. The molecule has 5 aromatic heterocycles. The monoisotopic (exact) mass is 803 g/mol. The number of benzene rings is 7. The molecule has 63 heavy (non-hydrogen) atoms. The molecule has 5 heteroatoms. The zero-order valence-electron chi connectivity index (χ0n) is 34.6. The van der Waals surface area contributed by atoms with Crippen LogP contribution in [0.3, 0.4) is 0 Å². The second kappa shape index (κ2) is 13.4. The maximum absolute atomic E-state index is 5.31. The van der Waals surface area contributed by atoms with Gasteiger partial charge in [0.25, 0.3) is 0 Å². The summed E-state index contributed by atoms with van der Waals surface area (Å²) in [6, 6.07) is 58.8. The fourth-order valence-corrected chi connectivity index (χ4v) is 10.4. The van der Waals surface area contributed by atoms with Crippen molar-refractivity contribution >= 4 is 64.9 Å². The highest BCUT2D eigenvalue weighted by atomic mass is 14.8. The molecule has 0 atom stereocenters. The minimum absolute atomic E-state index is 0.352. The number of pyridine rings is 5. The van der Waals surface area contributed by atoms with E-state index in [2.05, 4.69) is 153 Å². The minimum atomic E-state index is -0.352. The number of rotatable bonds is 4. The van der Waals surface area contributed by atoms with E-state index in [1.807, 2.05) is 49.1 Å². The molecule has 1 aliphatic carbocycles. The quantitative estimate of drug-likeness (QED) is 0.166. The van der Waals surface area contributed by atoms with Gasteiger partial charge in [-0.3, -0.25) is 19.9 Å². The van der Waals surface area contributed by atoms with Gasteiger partial charge >= 0.3 is 0 Å². The molecular formula is C58H37N5. The number of hydrogen-bond acceptors (Lipinski definition) is 5. The third-order valence-electron chi connectivity index (χ3n) is 13.4. The lowest BCUT2D eigenvalue weighted by Crippen LogP contribution is -2.16. The minimum Gasteiger partial charge on any atom is -0.256 e. The molecule has 5 nitrogen and oxygen atoms in total. The van der Waals surface area contributed by atoms with Crippen molar-refractivity contribution < 1.29 is 0 Å². The Morgan fingerprint density at radius 1 is 0.365 bits per heavy atom. The summed E-state index contributed by atoms with van der Waals surface area (Å²) in [5.41, 5.74) is 14.8. The first-order valence-corrected chi connectivity index (χ1v) is 21.5. The van der Waals surface area contributed by atoms with Crippen molar-refractivity contribution in [2.45, 2.75) is 19.3 Å². The van der Waals surface area contributed by atoms with Crippen LogP contribution < -0.4 is 0 Å². The van der Waals surface area contributed by atoms with Crippen LogP contribution in [0, 0.1) is 0 Å². The molecule has 5 heterocycles. The Morgan fingerprint density at radius 2 is 0.905 bits per heavy atom. The summed E-state index contributed by atoms with van der Waals surface area (Å²) in [6.45, 7) is 4.80. The Labute approximate surface area is 363 Å². The van der Waals surface area contributed by atoms with Gasteiger partial charge in [-0.1, -0.05) is 105 Å². The predicted molar refractivity (Wildman–Crippen MR) is 260 cm³/mol. The van der Waals surface area contributed by atoms with Crippen LogP contribution in [0.4, 0.5) is 0 Å². The summed E-state index contributed by atoms with van der Waals surface area (Å²) in [5, 5.41) is 11.9.